The highest BCUT2D eigenvalue weighted by atomic mass is 35.5. The molecule has 1 aliphatic heterocycles. The lowest BCUT2D eigenvalue weighted by atomic mass is 10.1. The Kier molecular flexibility index (Phi) is 7.11. The van der Waals surface area contributed by atoms with Gasteiger partial charge in [0.2, 0.25) is 0 Å². The Morgan fingerprint density at radius 3 is 2.50 bits per heavy atom. The molecule has 0 radical (unpaired) electrons. The van der Waals surface area contributed by atoms with Crippen LogP contribution in [0.1, 0.15) is 35.3 Å². The number of piperazine rings is 1. The SMILES string of the molecule is CCc1ccc(-c2nc3c(C(=O)N4CCN(Cc5cc(F)cc(F)c5F)C[C@H]4C)cnn3c(Cl)c2F)cc1. The first kappa shape index (κ1) is 26.1. The smallest absolute Gasteiger partial charge is 0.259 e. The van der Waals surface area contributed by atoms with Gasteiger partial charge in [0.25, 0.3) is 5.91 Å². The second kappa shape index (κ2) is 10.3. The second-order valence-corrected chi connectivity index (χ2v) is 9.71. The summed E-state index contributed by atoms with van der Waals surface area (Å²) in [6.07, 6.45) is 2.14. The van der Waals surface area contributed by atoms with Gasteiger partial charge in [-0.15, -0.1) is 0 Å². The summed E-state index contributed by atoms with van der Waals surface area (Å²) in [4.78, 5) is 21.4. The Morgan fingerprint density at radius 1 is 1.08 bits per heavy atom. The highest BCUT2D eigenvalue weighted by Gasteiger charge is 2.31. The first-order chi connectivity index (χ1) is 18.2. The van der Waals surface area contributed by atoms with Gasteiger partial charge in [0.1, 0.15) is 17.1 Å². The van der Waals surface area contributed by atoms with Gasteiger partial charge in [0, 0.05) is 49.4 Å². The summed E-state index contributed by atoms with van der Waals surface area (Å²) in [5, 5.41) is 3.80. The van der Waals surface area contributed by atoms with Crippen LogP contribution in [0, 0.1) is 23.3 Å². The quantitative estimate of drug-likeness (QED) is 0.188. The lowest BCUT2D eigenvalue weighted by Crippen LogP contribution is -2.53. The minimum atomic E-state index is -1.24. The number of halogens is 5. The van der Waals surface area contributed by atoms with Crippen molar-refractivity contribution in [2.75, 3.05) is 19.6 Å². The van der Waals surface area contributed by atoms with E-state index in [2.05, 4.69) is 10.1 Å². The number of rotatable bonds is 5. The summed E-state index contributed by atoms with van der Waals surface area (Å²) in [7, 11) is 0. The molecule has 1 saturated heterocycles. The molecule has 11 heteroatoms. The van der Waals surface area contributed by atoms with E-state index < -0.39 is 23.3 Å². The minimum Gasteiger partial charge on any atom is -0.333 e. The van der Waals surface area contributed by atoms with Gasteiger partial charge in [0.05, 0.1) is 6.20 Å². The molecule has 38 heavy (non-hydrogen) atoms. The number of benzene rings is 2. The molecule has 1 atom stereocenters. The maximum Gasteiger partial charge on any atom is 0.259 e. The average Bonchev–Trinajstić information content (AvgIpc) is 3.33. The minimum absolute atomic E-state index is 0.000219. The number of aromatic nitrogens is 3. The van der Waals surface area contributed by atoms with E-state index in [4.69, 9.17) is 11.6 Å². The van der Waals surface area contributed by atoms with Crippen LogP contribution in [0.15, 0.2) is 42.6 Å². The third-order valence-electron chi connectivity index (χ3n) is 6.84. The molecule has 2 aromatic heterocycles. The lowest BCUT2D eigenvalue weighted by molar-refractivity contribution is 0.0474. The molecule has 0 saturated carbocycles. The number of hydrogen-bond acceptors (Lipinski definition) is 4. The van der Waals surface area contributed by atoms with Crippen molar-refractivity contribution in [3.8, 4) is 11.3 Å². The summed E-state index contributed by atoms with van der Waals surface area (Å²) in [5.74, 6) is -4.28. The van der Waals surface area contributed by atoms with Gasteiger partial charge < -0.3 is 4.90 Å². The fraction of sp³-hybridized carbons (Fsp3) is 0.296. The monoisotopic (exact) mass is 545 g/mol. The fourth-order valence-corrected chi connectivity index (χ4v) is 4.99. The molecule has 3 heterocycles. The fourth-order valence-electron chi connectivity index (χ4n) is 4.78. The van der Waals surface area contributed by atoms with E-state index >= 15 is 4.39 Å². The van der Waals surface area contributed by atoms with E-state index in [-0.39, 0.29) is 52.7 Å². The molecule has 0 aliphatic carbocycles. The highest BCUT2D eigenvalue weighted by Crippen LogP contribution is 2.29. The van der Waals surface area contributed by atoms with Crippen LogP contribution in [0.5, 0.6) is 0 Å². The summed E-state index contributed by atoms with van der Waals surface area (Å²) >= 11 is 6.27. The molecule has 1 fully saturated rings. The standard InChI is InChI=1S/C27H24ClF4N5O/c1-3-16-4-6-17(7-5-16)24-23(32)25(28)37-26(34-24)20(12-33-37)27(38)36-9-8-35(13-15(36)2)14-18-10-19(29)11-21(30)22(18)31/h4-7,10-12,15H,3,8-9,13-14H2,1-2H3/t15-/m1/s1. The Labute approximate surface area is 221 Å². The Balaban J connectivity index is 1.39. The van der Waals surface area contributed by atoms with E-state index in [0.29, 0.717) is 24.7 Å². The molecule has 6 nitrogen and oxygen atoms in total. The van der Waals surface area contributed by atoms with Gasteiger partial charge in [-0.2, -0.15) is 9.61 Å². The van der Waals surface area contributed by atoms with Crippen LogP contribution in [0.2, 0.25) is 5.15 Å². The number of carbonyl (C=O) groups excluding carboxylic acids is 1. The largest absolute Gasteiger partial charge is 0.333 e. The van der Waals surface area contributed by atoms with Gasteiger partial charge in [-0.05, 0) is 25.0 Å². The summed E-state index contributed by atoms with van der Waals surface area (Å²) < 4.78 is 57.5. The number of nitrogens with zero attached hydrogens (tertiary/aromatic N) is 5. The molecular weight excluding hydrogens is 522 g/mol. The van der Waals surface area contributed by atoms with Crippen LogP contribution >= 0.6 is 11.6 Å². The molecule has 198 valence electrons. The van der Waals surface area contributed by atoms with Crippen molar-refractivity contribution in [1.29, 1.82) is 0 Å². The van der Waals surface area contributed by atoms with Crippen molar-refractivity contribution in [2.24, 2.45) is 0 Å². The molecule has 0 N–H and O–H groups in total. The number of carbonyl (C=O) groups is 1. The van der Waals surface area contributed by atoms with Gasteiger partial charge in [0.15, 0.2) is 28.3 Å². The Morgan fingerprint density at radius 2 is 1.82 bits per heavy atom. The first-order valence-corrected chi connectivity index (χ1v) is 12.5. The molecule has 2 aromatic carbocycles. The molecule has 1 aliphatic rings. The third kappa shape index (κ3) is 4.74. The molecule has 0 bridgehead atoms. The predicted octanol–water partition coefficient (Wildman–Crippen LogP) is 5.52. The first-order valence-electron chi connectivity index (χ1n) is 12.2. The van der Waals surface area contributed by atoms with Crippen molar-refractivity contribution in [2.45, 2.75) is 32.9 Å². The van der Waals surface area contributed by atoms with Gasteiger partial charge in [-0.25, -0.2) is 22.5 Å². The Bertz CT molecular complexity index is 1520. The van der Waals surface area contributed by atoms with E-state index in [9.17, 15) is 18.0 Å². The lowest BCUT2D eigenvalue weighted by Gasteiger charge is -2.39. The number of aryl methyl sites for hydroxylation is 1. The maximum atomic E-state index is 15.1. The van der Waals surface area contributed by atoms with E-state index in [1.165, 1.54) is 6.20 Å². The number of amides is 1. The van der Waals surface area contributed by atoms with Crippen molar-refractivity contribution in [3.63, 3.8) is 0 Å². The predicted molar refractivity (Wildman–Crippen MR) is 135 cm³/mol. The summed E-state index contributed by atoms with van der Waals surface area (Å²) in [5.41, 5.74) is 1.82. The average molecular weight is 546 g/mol. The third-order valence-corrected chi connectivity index (χ3v) is 7.16. The van der Waals surface area contributed by atoms with Crippen LogP contribution < -0.4 is 0 Å². The van der Waals surface area contributed by atoms with Crippen LogP contribution in [0.25, 0.3) is 16.9 Å². The highest BCUT2D eigenvalue weighted by molar-refractivity contribution is 6.30. The zero-order valence-corrected chi connectivity index (χ0v) is 21.4. The van der Waals surface area contributed by atoms with E-state index in [1.54, 1.807) is 17.0 Å². The molecule has 4 aromatic rings. The van der Waals surface area contributed by atoms with Crippen molar-refractivity contribution >= 4 is 23.2 Å². The maximum absolute atomic E-state index is 15.1. The van der Waals surface area contributed by atoms with Crippen molar-refractivity contribution in [1.82, 2.24) is 24.4 Å². The topological polar surface area (TPSA) is 53.7 Å². The molecule has 1 amide bonds. The van der Waals surface area contributed by atoms with Crippen LogP contribution in [0.3, 0.4) is 0 Å². The zero-order valence-electron chi connectivity index (χ0n) is 20.7. The van der Waals surface area contributed by atoms with Crippen molar-refractivity contribution < 1.29 is 22.4 Å². The molecule has 0 unspecified atom stereocenters. The summed E-state index contributed by atoms with van der Waals surface area (Å²) in [6.45, 7) is 4.81. The molecule has 5 rings (SSSR count). The van der Waals surface area contributed by atoms with Gasteiger partial charge >= 0.3 is 0 Å². The molecular formula is C27H24ClF4N5O. The zero-order chi connectivity index (χ0) is 27.1. The van der Waals surface area contributed by atoms with E-state index in [0.717, 1.165) is 22.6 Å². The number of hydrogen-bond donors (Lipinski definition) is 0. The second-order valence-electron chi connectivity index (χ2n) is 9.35. The van der Waals surface area contributed by atoms with Crippen LogP contribution in [-0.4, -0.2) is 56.0 Å². The summed E-state index contributed by atoms with van der Waals surface area (Å²) in [6, 6.07) is 8.43. The van der Waals surface area contributed by atoms with Gasteiger partial charge in [-0.1, -0.05) is 42.8 Å². The molecule has 0 spiro atoms. The van der Waals surface area contributed by atoms with Crippen LogP contribution in [-0.2, 0) is 13.0 Å². The van der Waals surface area contributed by atoms with E-state index in [1.807, 2.05) is 30.9 Å². The van der Waals surface area contributed by atoms with Gasteiger partial charge in [-0.3, -0.25) is 9.69 Å². The van der Waals surface area contributed by atoms with Crippen molar-refractivity contribution in [3.05, 3.63) is 87.7 Å². The normalized spacial score (nSPS) is 16.4. The Hall–Kier alpha value is -3.50. The number of fused-ring (bicyclic) bond motifs is 1. The van der Waals surface area contributed by atoms with Crippen LogP contribution in [0.4, 0.5) is 17.6 Å².